The minimum atomic E-state index is -1.09. The topological polar surface area (TPSA) is 140 Å². The Kier molecular flexibility index (Phi) is 3.26. The van der Waals surface area contributed by atoms with Crippen LogP contribution in [0, 0.1) is 0 Å². The van der Waals surface area contributed by atoms with Gasteiger partial charge in [-0.3, -0.25) is 0 Å². The van der Waals surface area contributed by atoms with Crippen molar-refractivity contribution in [2.45, 2.75) is 24.4 Å². The van der Waals surface area contributed by atoms with Gasteiger partial charge in [0, 0.05) is 0 Å². The number of rotatable bonds is 2. The van der Waals surface area contributed by atoms with Gasteiger partial charge in [-0.2, -0.15) is 0 Å². The highest BCUT2D eigenvalue weighted by molar-refractivity contribution is 5.81. The van der Waals surface area contributed by atoms with Crippen molar-refractivity contribution in [2.24, 2.45) is 0 Å². The summed E-state index contributed by atoms with van der Waals surface area (Å²) in [5.41, 5.74) is 6.52. The summed E-state index contributed by atoms with van der Waals surface area (Å²) in [7, 11) is 0. The van der Waals surface area contributed by atoms with Crippen molar-refractivity contribution in [1.29, 1.82) is 0 Å². The third-order valence-electron chi connectivity index (χ3n) is 3.49. The molecule has 2 aromatic heterocycles. The maximum atomic E-state index is 10.2. The fourth-order valence-corrected chi connectivity index (χ4v) is 2.47. The van der Waals surface area contributed by atoms with Crippen LogP contribution in [0.4, 0.5) is 5.82 Å². The first kappa shape index (κ1) is 13.2. The maximum absolute atomic E-state index is 10.2. The molecular formula is C11H15N5O4. The second-order valence-electron chi connectivity index (χ2n) is 4.69. The van der Waals surface area contributed by atoms with Crippen LogP contribution in [-0.2, 0) is 4.74 Å². The molecular weight excluding hydrogens is 266 g/mol. The first-order chi connectivity index (χ1) is 9.63. The lowest BCUT2D eigenvalue weighted by molar-refractivity contribution is -0.163. The van der Waals surface area contributed by atoms with Crippen molar-refractivity contribution in [3.05, 3.63) is 12.7 Å². The van der Waals surface area contributed by atoms with Crippen molar-refractivity contribution in [1.82, 2.24) is 19.5 Å². The summed E-state index contributed by atoms with van der Waals surface area (Å²) in [5, 5.41) is 29.5. The molecule has 1 aliphatic rings. The zero-order valence-corrected chi connectivity index (χ0v) is 10.5. The van der Waals surface area contributed by atoms with Crippen LogP contribution < -0.4 is 5.73 Å². The van der Waals surface area contributed by atoms with E-state index in [9.17, 15) is 15.3 Å². The molecule has 1 aliphatic heterocycles. The number of hydrogen-bond acceptors (Lipinski definition) is 8. The highest BCUT2D eigenvalue weighted by Crippen LogP contribution is 2.29. The van der Waals surface area contributed by atoms with E-state index in [-0.39, 0.29) is 19.0 Å². The minimum absolute atomic E-state index is 0.00714. The van der Waals surface area contributed by atoms with Crippen LogP contribution in [0.15, 0.2) is 12.7 Å². The van der Waals surface area contributed by atoms with Crippen LogP contribution in [0.1, 0.15) is 6.04 Å². The molecule has 4 atom stereocenters. The largest absolute Gasteiger partial charge is 0.394 e. The zero-order valence-electron chi connectivity index (χ0n) is 10.5. The summed E-state index contributed by atoms with van der Waals surface area (Å²) in [6.07, 6.45) is -0.0666. The predicted octanol–water partition coefficient (Wildman–Crippen LogP) is -1.94. The Balaban J connectivity index is 2.06. The predicted molar refractivity (Wildman–Crippen MR) is 67.6 cm³/mol. The van der Waals surface area contributed by atoms with E-state index in [0.29, 0.717) is 11.2 Å². The van der Waals surface area contributed by atoms with Gasteiger partial charge in [-0.1, -0.05) is 0 Å². The van der Waals surface area contributed by atoms with Crippen LogP contribution in [0.25, 0.3) is 11.2 Å². The third kappa shape index (κ3) is 1.91. The van der Waals surface area contributed by atoms with Crippen molar-refractivity contribution >= 4 is 17.0 Å². The summed E-state index contributed by atoms with van der Waals surface area (Å²) in [6, 6.07) is -0.722. The van der Waals surface area contributed by atoms with Gasteiger partial charge in [0.2, 0.25) is 0 Å². The average molecular weight is 281 g/mol. The maximum Gasteiger partial charge on any atom is 0.165 e. The Labute approximate surface area is 113 Å². The van der Waals surface area contributed by atoms with E-state index in [1.165, 1.54) is 17.2 Å². The first-order valence-electron chi connectivity index (χ1n) is 6.15. The van der Waals surface area contributed by atoms with E-state index < -0.39 is 24.4 Å². The van der Waals surface area contributed by atoms with Gasteiger partial charge in [0.05, 0.1) is 25.6 Å². The number of fused-ring (bicyclic) bond motifs is 1. The van der Waals surface area contributed by atoms with Gasteiger partial charge >= 0.3 is 0 Å². The molecule has 5 N–H and O–H groups in total. The molecule has 0 spiro atoms. The molecule has 0 bridgehead atoms. The lowest BCUT2D eigenvalue weighted by Gasteiger charge is -2.38. The van der Waals surface area contributed by atoms with Crippen LogP contribution in [0.2, 0.25) is 0 Å². The molecule has 2 aromatic rings. The standard InChI is InChI=1S/C11H15N5O4/c12-10-7-11(14-3-13-10)16(4-15-7)8-5(18)2-20-6(1-17)9(8)19/h3-6,8-9,17-19H,1-2H2,(H2,12,13,14)/t5-,6-,8+,9-/m1/s1. The van der Waals surface area contributed by atoms with Gasteiger partial charge in [-0.05, 0) is 0 Å². The monoisotopic (exact) mass is 281 g/mol. The van der Waals surface area contributed by atoms with Crippen LogP contribution in [0.5, 0.6) is 0 Å². The molecule has 0 aliphatic carbocycles. The normalized spacial score (nSPS) is 30.8. The molecule has 9 nitrogen and oxygen atoms in total. The van der Waals surface area contributed by atoms with Crippen LogP contribution in [-0.4, -0.2) is 66.4 Å². The van der Waals surface area contributed by atoms with E-state index in [0.717, 1.165) is 0 Å². The highest BCUT2D eigenvalue weighted by Gasteiger charge is 2.40. The third-order valence-corrected chi connectivity index (χ3v) is 3.49. The lowest BCUT2D eigenvalue weighted by Crippen LogP contribution is -2.51. The second kappa shape index (κ2) is 4.94. The van der Waals surface area contributed by atoms with Crippen molar-refractivity contribution in [3.63, 3.8) is 0 Å². The molecule has 1 fully saturated rings. The van der Waals surface area contributed by atoms with Gasteiger partial charge in [-0.25, -0.2) is 15.0 Å². The summed E-state index contributed by atoms with van der Waals surface area (Å²) >= 11 is 0. The Bertz CT molecular complexity index is 618. The Morgan fingerprint density at radius 2 is 2.15 bits per heavy atom. The number of nitrogens with zero attached hydrogens (tertiary/aromatic N) is 4. The molecule has 3 heterocycles. The van der Waals surface area contributed by atoms with Crippen LogP contribution in [0.3, 0.4) is 0 Å². The van der Waals surface area contributed by atoms with Crippen molar-refractivity contribution in [3.8, 4) is 0 Å². The number of aromatic nitrogens is 4. The lowest BCUT2D eigenvalue weighted by atomic mass is 9.97. The fraction of sp³-hybridized carbons (Fsp3) is 0.545. The quantitative estimate of drug-likeness (QED) is 0.498. The van der Waals surface area contributed by atoms with Gasteiger partial charge in [0.15, 0.2) is 11.5 Å². The molecule has 0 radical (unpaired) electrons. The number of ether oxygens (including phenoxy) is 1. The number of aliphatic hydroxyl groups is 3. The van der Waals surface area contributed by atoms with Gasteiger partial charge in [-0.15, -0.1) is 0 Å². The Hall–Kier alpha value is -1.81. The number of anilines is 1. The highest BCUT2D eigenvalue weighted by atomic mass is 16.5. The number of imidazole rings is 1. The van der Waals surface area contributed by atoms with E-state index >= 15 is 0 Å². The molecule has 0 amide bonds. The van der Waals surface area contributed by atoms with Gasteiger partial charge in [0.25, 0.3) is 0 Å². The Morgan fingerprint density at radius 3 is 2.90 bits per heavy atom. The summed E-state index contributed by atoms with van der Waals surface area (Å²) in [5.74, 6) is 0.225. The zero-order chi connectivity index (χ0) is 14.3. The molecule has 0 saturated carbocycles. The Morgan fingerprint density at radius 1 is 1.35 bits per heavy atom. The van der Waals surface area contributed by atoms with Crippen LogP contribution >= 0.6 is 0 Å². The molecule has 108 valence electrons. The number of hydrogen-bond donors (Lipinski definition) is 4. The van der Waals surface area contributed by atoms with Crippen molar-refractivity contribution in [2.75, 3.05) is 18.9 Å². The number of nitrogen functional groups attached to an aromatic ring is 1. The van der Waals surface area contributed by atoms with E-state index in [4.69, 9.17) is 10.5 Å². The van der Waals surface area contributed by atoms with E-state index in [1.807, 2.05) is 0 Å². The fourth-order valence-electron chi connectivity index (χ4n) is 2.47. The smallest absolute Gasteiger partial charge is 0.165 e. The van der Waals surface area contributed by atoms with Crippen molar-refractivity contribution < 1.29 is 20.1 Å². The first-order valence-corrected chi connectivity index (χ1v) is 6.15. The molecule has 3 rings (SSSR count). The van der Waals surface area contributed by atoms with Gasteiger partial charge < -0.3 is 30.4 Å². The summed E-state index contributed by atoms with van der Waals surface area (Å²) in [6.45, 7) is -0.332. The molecule has 20 heavy (non-hydrogen) atoms. The van der Waals surface area contributed by atoms with E-state index in [2.05, 4.69) is 15.0 Å². The van der Waals surface area contributed by atoms with Gasteiger partial charge in [0.1, 0.15) is 30.2 Å². The summed E-state index contributed by atoms with van der Waals surface area (Å²) < 4.78 is 6.71. The second-order valence-corrected chi connectivity index (χ2v) is 4.69. The molecule has 1 saturated heterocycles. The SMILES string of the molecule is Nc1ncnc2c1ncn2[C@@H]1[C@H](O)[C@@H](CO)OC[C@H]1O. The average Bonchev–Trinajstić information content (AvgIpc) is 2.85. The van der Waals surface area contributed by atoms with E-state index in [1.54, 1.807) is 0 Å². The molecule has 9 heteroatoms. The number of aliphatic hydroxyl groups excluding tert-OH is 3. The number of nitrogens with two attached hydrogens (primary N) is 1. The minimum Gasteiger partial charge on any atom is -0.394 e. The molecule has 0 unspecified atom stereocenters. The summed E-state index contributed by atoms with van der Waals surface area (Å²) in [4.78, 5) is 12.0. The molecule has 0 aromatic carbocycles.